The summed E-state index contributed by atoms with van der Waals surface area (Å²) in [5.41, 5.74) is 6.63. The van der Waals surface area contributed by atoms with Gasteiger partial charge in [-0.2, -0.15) is 3.89 Å². The van der Waals surface area contributed by atoms with Crippen LogP contribution in [0.3, 0.4) is 0 Å². The van der Waals surface area contributed by atoms with Crippen LogP contribution >= 0.6 is 23.9 Å². The van der Waals surface area contributed by atoms with Crippen LogP contribution in [-0.4, -0.2) is 9.55 Å². The summed E-state index contributed by atoms with van der Waals surface area (Å²) in [6.45, 7) is 14.6. The molecule has 0 spiro atoms. The molecular formula is C31H37FN2S2. The number of aryl methyl sites for hydroxylation is 3. The minimum absolute atomic E-state index is 0.368. The highest BCUT2D eigenvalue weighted by molar-refractivity contribution is 7.99. The Labute approximate surface area is 225 Å². The first-order valence-corrected chi connectivity index (χ1v) is 14.0. The Kier molecular flexibility index (Phi) is 9.86. The Balaban J connectivity index is 0.000000840. The van der Waals surface area contributed by atoms with Crippen LogP contribution in [0.15, 0.2) is 82.8 Å². The maximum atomic E-state index is 14.0. The van der Waals surface area contributed by atoms with Gasteiger partial charge in [-0.1, -0.05) is 80.4 Å². The van der Waals surface area contributed by atoms with Gasteiger partial charge in [0.2, 0.25) is 0 Å². The lowest BCUT2D eigenvalue weighted by molar-refractivity contribution is 0.741. The maximum absolute atomic E-state index is 14.0. The molecule has 2 nitrogen and oxygen atoms in total. The van der Waals surface area contributed by atoms with Crippen LogP contribution in [0.1, 0.15) is 62.8 Å². The van der Waals surface area contributed by atoms with E-state index in [2.05, 4.69) is 75.6 Å². The van der Waals surface area contributed by atoms with E-state index in [0.717, 1.165) is 27.5 Å². The van der Waals surface area contributed by atoms with Crippen LogP contribution in [0.2, 0.25) is 0 Å². The molecule has 0 unspecified atom stereocenters. The van der Waals surface area contributed by atoms with Gasteiger partial charge in [-0.25, -0.2) is 4.98 Å². The Morgan fingerprint density at radius 2 is 1.50 bits per heavy atom. The van der Waals surface area contributed by atoms with Crippen molar-refractivity contribution in [1.82, 2.24) is 9.55 Å². The van der Waals surface area contributed by atoms with Gasteiger partial charge in [0, 0.05) is 27.7 Å². The molecule has 0 bridgehead atoms. The first-order valence-electron chi connectivity index (χ1n) is 12.5. The van der Waals surface area contributed by atoms with E-state index in [1.807, 2.05) is 50.5 Å². The molecule has 0 aliphatic heterocycles. The fraction of sp³-hybridized carbons (Fsp3) is 0.323. The quantitative estimate of drug-likeness (QED) is 0.241. The van der Waals surface area contributed by atoms with Gasteiger partial charge in [0.15, 0.2) is 0 Å². The van der Waals surface area contributed by atoms with Gasteiger partial charge in [0.25, 0.3) is 0 Å². The zero-order valence-corrected chi connectivity index (χ0v) is 24.1. The van der Waals surface area contributed by atoms with E-state index in [1.54, 1.807) is 11.8 Å². The number of aromatic nitrogens is 2. The average Bonchev–Trinajstić information content (AvgIpc) is 3.33. The van der Waals surface area contributed by atoms with Gasteiger partial charge in [-0.05, 0) is 75.6 Å². The molecule has 0 aliphatic carbocycles. The van der Waals surface area contributed by atoms with Crippen LogP contribution < -0.4 is 0 Å². The molecule has 0 radical (unpaired) electrons. The van der Waals surface area contributed by atoms with Crippen LogP contribution in [0, 0.1) is 20.8 Å². The second kappa shape index (κ2) is 12.6. The minimum atomic E-state index is -0.695. The van der Waals surface area contributed by atoms with Gasteiger partial charge < -0.3 is 0 Å². The average molecular weight is 521 g/mol. The molecular weight excluding hydrogens is 483 g/mol. The van der Waals surface area contributed by atoms with E-state index >= 15 is 0 Å². The van der Waals surface area contributed by atoms with E-state index in [4.69, 9.17) is 4.98 Å². The molecule has 0 saturated heterocycles. The van der Waals surface area contributed by atoms with Crippen LogP contribution in [0.25, 0.3) is 17.1 Å². The number of halogens is 1. The van der Waals surface area contributed by atoms with Crippen molar-refractivity contribution in [2.24, 2.45) is 0 Å². The fourth-order valence-electron chi connectivity index (χ4n) is 4.20. The molecule has 4 rings (SSSR count). The highest BCUT2D eigenvalue weighted by Gasteiger charge is 2.28. The van der Waals surface area contributed by atoms with Crippen LogP contribution in [0.5, 0.6) is 0 Å². The lowest BCUT2D eigenvalue weighted by Gasteiger charge is -2.24. The number of rotatable bonds is 7. The van der Waals surface area contributed by atoms with E-state index in [0.29, 0.717) is 12.1 Å². The third-order valence-corrected chi connectivity index (χ3v) is 7.67. The molecule has 1 heterocycles. The van der Waals surface area contributed by atoms with Crippen molar-refractivity contribution in [2.75, 3.05) is 0 Å². The van der Waals surface area contributed by atoms with Crippen LogP contribution in [-0.2, 0) is 4.75 Å². The second-order valence-corrected chi connectivity index (χ2v) is 11.9. The smallest absolute Gasteiger partial charge is 0.144 e. The number of hydrogen-bond acceptors (Lipinski definition) is 3. The largest absolute Gasteiger partial charge is 0.299 e. The number of benzene rings is 3. The summed E-state index contributed by atoms with van der Waals surface area (Å²) < 4.78 is 15.4. The van der Waals surface area contributed by atoms with Crippen molar-refractivity contribution in [3.8, 4) is 17.1 Å². The molecule has 0 N–H and O–H groups in total. The normalized spacial score (nSPS) is 11.2. The monoisotopic (exact) mass is 520 g/mol. The van der Waals surface area contributed by atoms with Gasteiger partial charge in [-0.3, -0.25) is 4.57 Å². The molecule has 4 aromatic rings. The molecule has 0 amide bonds. The first kappa shape index (κ1) is 28.1. The Morgan fingerprint density at radius 3 is 2.08 bits per heavy atom. The van der Waals surface area contributed by atoms with E-state index in [-0.39, 0.29) is 0 Å². The minimum Gasteiger partial charge on any atom is -0.299 e. The van der Waals surface area contributed by atoms with Crippen molar-refractivity contribution in [3.63, 3.8) is 0 Å². The van der Waals surface area contributed by atoms with E-state index in [9.17, 15) is 3.89 Å². The number of unbranched alkanes of at least 4 members (excludes halogenated alkanes) is 1. The standard InChI is InChI=1S/C27H27FN2S2.C4H10/c1-18-15-19(2)25(20(3)16-18)30-14-13-29-26(30)23-17-22(31-21-9-7-6-8-10-21)11-12-24(23)27(4,5)32-28;1-3-4-2/h6-17H,1-5H3;3-4H2,1-2H3. The Hall–Kier alpha value is -2.50. The molecule has 1 aromatic heterocycles. The highest BCUT2D eigenvalue weighted by Crippen LogP contribution is 2.43. The zero-order valence-electron chi connectivity index (χ0n) is 22.4. The zero-order chi connectivity index (χ0) is 26.3. The van der Waals surface area contributed by atoms with Crippen LogP contribution in [0.4, 0.5) is 3.89 Å². The molecule has 5 heteroatoms. The fourth-order valence-corrected chi connectivity index (χ4v) is 5.34. The van der Waals surface area contributed by atoms with E-state index < -0.39 is 4.75 Å². The van der Waals surface area contributed by atoms with Crippen molar-refractivity contribution in [1.29, 1.82) is 0 Å². The SMILES string of the molecule is CCCC.Cc1cc(C)c(-n2ccnc2-c2cc(Sc3ccccc3)ccc2C(C)(C)SF)c(C)c1. The predicted octanol–water partition coefficient (Wildman–Crippen LogP) is 10.3. The van der Waals surface area contributed by atoms with Gasteiger partial charge in [0.1, 0.15) is 5.82 Å². The molecule has 190 valence electrons. The molecule has 0 fully saturated rings. The lowest BCUT2D eigenvalue weighted by Crippen LogP contribution is -2.13. The van der Waals surface area contributed by atoms with Gasteiger partial charge in [0.05, 0.1) is 22.6 Å². The highest BCUT2D eigenvalue weighted by atomic mass is 32.2. The first-order chi connectivity index (χ1) is 17.2. The Morgan fingerprint density at radius 1 is 0.861 bits per heavy atom. The molecule has 3 aromatic carbocycles. The van der Waals surface area contributed by atoms with E-state index in [1.165, 1.54) is 34.4 Å². The third kappa shape index (κ3) is 6.63. The van der Waals surface area contributed by atoms with Crippen molar-refractivity contribution >= 4 is 23.9 Å². The summed E-state index contributed by atoms with van der Waals surface area (Å²) in [7, 11) is 0. The second-order valence-electron chi connectivity index (χ2n) is 9.58. The molecule has 0 saturated carbocycles. The van der Waals surface area contributed by atoms with Crippen molar-refractivity contribution in [3.05, 3.63) is 95.3 Å². The van der Waals surface area contributed by atoms with Crippen molar-refractivity contribution < 1.29 is 3.89 Å². The summed E-state index contributed by atoms with van der Waals surface area (Å²) in [6, 6.07) is 20.9. The topological polar surface area (TPSA) is 17.8 Å². The molecule has 0 aliphatic rings. The third-order valence-electron chi connectivity index (χ3n) is 6.07. The number of imidazole rings is 1. The number of hydrogen-bond donors (Lipinski definition) is 0. The molecule has 36 heavy (non-hydrogen) atoms. The number of nitrogens with zero attached hydrogens (tertiary/aromatic N) is 2. The van der Waals surface area contributed by atoms with Crippen molar-refractivity contribution in [2.45, 2.75) is 75.8 Å². The van der Waals surface area contributed by atoms with Gasteiger partial charge >= 0.3 is 0 Å². The predicted molar refractivity (Wildman–Crippen MR) is 156 cm³/mol. The maximum Gasteiger partial charge on any atom is 0.144 e. The summed E-state index contributed by atoms with van der Waals surface area (Å²) in [6.07, 6.45) is 6.46. The lowest BCUT2D eigenvalue weighted by atomic mass is 9.95. The summed E-state index contributed by atoms with van der Waals surface area (Å²) >= 11 is 2.07. The van der Waals surface area contributed by atoms with Gasteiger partial charge in [-0.15, -0.1) is 0 Å². The summed E-state index contributed by atoms with van der Waals surface area (Å²) in [5.74, 6) is 0.827. The summed E-state index contributed by atoms with van der Waals surface area (Å²) in [4.78, 5) is 7.01. The molecule has 0 atom stereocenters. The summed E-state index contributed by atoms with van der Waals surface area (Å²) in [5, 5.41) is 0. The Bertz CT molecular complexity index is 1250.